The maximum absolute atomic E-state index is 13.4. The van der Waals surface area contributed by atoms with Crippen molar-refractivity contribution in [3.63, 3.8) is 0 Å². The molecule has 3 aromatic rings. The molecule has 5 heteroatoms. The number of nitrogens with one attached hydrogen (secondary N) is 1. The van der Waals surface area contributed by atoms with Crippen LogP contribution in [-0.2, 0) is 22.6 Å². The predicted molar refractivity (Wildman–Crippen MR) is 131 cm³/mol. The normalized spacial score (nSPS) is 11.8. The van der Waals surface area contributed by atoms with Crippen molar-refractivity contribution < 1.29 is 14.0 Å². The molecule has 1 unspecified atom stereocenters. The molecule has 3 aromatic carbocycles. The molecule has 0 bridgehead atoms. The van der Waals surface area contributed by atoms with Gasteiger partial charge in [0.1, 0.15) is 11.9 Å². The number of unbranched alkanes of at least 4 members (excludes halogenated alkanes) is 1. The fourth-order valence-electron chi connectivity index (χ4n) is 4.11. The highest BCUT2D eigenvalue weighted by atomic mass is 19.1. The Kier molecular flexibility index (Phi) is 8.99. The van der Waals surface area contributed by atoms with Gasteiger partial charge in [-0.25, -0.2) is 4.39 Å². The number of hydrogen-bond donors (Lipinski definition) is 1. The van der Waals surface area contributed by atoms with E-state index in [1.807, 2.05) is 25.1 Å². The average molecular weight is 449 g/mol. The zero-order chi connectivity index (χ0) is 23.6. The third-order valence-electron chi connectivity index (χ3n) is 5.97. The van der Waals surface area contributed by atoms with Gasteiger partial charge in [0, 0.05) is 19.5 Å². The first-order valence-electron chi connectivity index (χ1n) is 11.8. The summed E-state index contributed by atoms with van der Waals surface area (Å²) < 4.78 is 13.4. The van der Waals surface area contributed by atoms with Crippen LogP contribution in [0.4, 0.5) is 4.39 Å². The molecule has 33 heavy (non-hydrogen) atoms. The maximum atomic E-state index is 13.4. The largest absolute Gasteiger partial charge is 0.354 e. The number of nitrogens with zero attached hydrogens (tertiary/aromatic N) is 1. The SMILES string of the molecule is CCCCNC(=O)C(CC)N(Cc1ccc(F)cc1)C(=O)CCc1cccc2ccccc12. The van der Waals surface area contributed by atoms with Gasteiger partial charge in [0.05, 0.1) is 0 Å². The Labute approximate surface area is 195 Å². The second-order valence-electron chi connectivity index (χ2n) is 8.36. The summed E-state index contributed by atoms with van der Waals surface area (Å²) >= 11 is 0. The Bertz CT molecular complexity index is 1060. The molecule has 0 fully saturated rings. The van der Waals surface area contributed by atoms with Crippen LogP contribution in [0, 0.1) is 5.82 Å². The molecule has 2 amide bonds. The molecule has 3 rings (SSSR count). The minimum atomic E-state index is -0.563. The molecule has 0 heterocycles. The van der Waals surface area contributed by atoms with Crippen LogP contribution in [0.15, 0.2) is 66.7 Å². The van der Waals surface area contributed by atoms with Crippen molar-refractivity contribution in [3.05, 3.63) is 83.7 Å². The van der Waals surface area contributed by atoms with E-state index < -0.39 is 6.04 Å². The molecule has 0 radical (unpaired) electrons. The summed E-state index contributed by atoms with van der Waals surface area (Å²) in [5, 5.41) is 5.26. The lowest BCUT2D eigenvalue weighted by atomic mass is 10.00. The zero-order valence-corrected chi connectivity index (χ0v) is 19.5. The molecule has 0 saturated carbocycles. The third kappa shape index (κ3) is 6.64. The van der Waals surface area contributed by atoms with Crippen LogP contribution < -0.4 is 5.32 Å². The molecule has 4 nitrogen and oxygen atoms in total. The highest BCUT2D eigenvalue weighted by Crippen LogP contribution is 2.21. The molecule has 0 spiro atoms. The van der Waals surface area contributed by atoms with Crippen LogP contribution in [0.2, 0.25) is 0 Å². The van der Waals surface area contributed by atoms with Crippen LogP contribution in [0.3, 0.4) is 0 Å². The lowest BCUT2D eigenvalue weighted by Gasteiger charge is -2.31. The average Bonchev–Trinajstić information content (AvgIpc) is 2.83. The Morgan fingerprint density at radius 1 is 0.970 bits per heavy atom. The van der Waals surface area contributed by atoms with Crippen molar-refractivity contribution in [2.75, 3.05) is 6.54 Å². The van der Waals surface area contributed by atoms with Gasteiger partial charge < -0.3 is 10.2 Å². The lowest BCUT2D eigenvalue weighted by molar-refractivity contribution is -0.141. The first-order valence-corrected chi connectivity index (χ1v) is 11.8. The van der Waals surface area contributed by atoms with Gasteiger partial charge in [-0.2, -0.15) is 0 Å². The van der Waals surface area contributed by atoms with Crippen molar-refractivity contribution >= 4 is 22.6 Å². The minimum Gasteiger partial charge on any atom is -0.354 e. The fourth-order valence-corrected chi connectivity index (χ4v) is 4.11. The van der Waals surface area contributed by atoms with Crippen molar-refractivity contribution in [2.45, 2.75) is 58.5 Å². The number of halogens is 1. The molecule has 0 aromatic heterocycles. The molecular weight excluding hydrogens is 415 g/mol. The molecule has 0 aliphatic carbocycles. The van der Waals surface area contributed by atoms with Crippen molar-refractivity contribution in [1.29, 1.82) is 0 Å². The van der Waals surface area contributed by atoms with Gasteiger partial charge in [-0.1, -0.05) is 74.9 Å². The Morgan fingerprint density at radius 2 is 1.70 bits per heavy atom. The van der Waals surface area contributed by atoms with Crippen LogP contribution >= 0.6 is 0 Å². The summed E-state index contributed by atoms with van der Waals surface area (Å²) in [6.07, 6.45) is 3.29. The summed E-state index contributed by atoms with van der Waals surface area (Å²) in [7, 11) is 0. The smallest absolute Gasteiger partial charge is 0.242 e. The monoisotopic (exact) mass is 448 g/mol. The van der Waals surface area contributed by atoms with Gasteiger partial charge in [-0.3, -0.25) is 9.59 Å². The number of rotatable bonds is 11. The molecule has 0 saturated heterocycles. The molecular formula is C28H33FN2O2. The first-order chi connectivity index (χ1) is 16.0. The van der Waals surface area contributed by atoms with Gasteiger partial charge in [-0.05, 0) is 53.3 Å². The maximum Gasteiger partial charge on any atom is 0.242 e. The van der Waals surface area contributed by atoms with E-state index >= 15 is 0 Å². The molecule has 0 aliphatic rings. The standard InChI is InChI=1S/C28H33FN2O2/c1-3-5-19-30-28(33)26(4-2)31(20-21-13-16-24(29)17-14-21)27(32)18-15-23-11-8-10-22-9-6-7-12-25(22)23/h6-14,16-17,26H,3-5,15,18-20H2,1-2H3,(H,30,33). The van der Waals surface area contributed by atoms with Gasteiger partial charge >= 0.3 is 0 Å². The van der Waals surface area contributed by atoms with Gasteiger partial charge in [0.25, 0.3) is 0 Å². The number of benzene rings is 3. The summed E-state index contributed by atoms with van der Waals surface area (Å²) in [6, 6.07) is 19.8. The Hall–Kier alpha value is -3.21. The van der Waals surface area contributed by atoms with Gasteiger partial charge in [-0.15, -0.1) is 0 Å². The number of hydrogen-bond acceptors (Lipinski definition) is 2. The third-order valence-corrected chi connectivity index (χ3v) is 5.97. The Balaban J connectivity index is 1.79. The summed E-state index contributed by atoms with van der Waals surface area (Å²) in [4.78, 5) is 28.0. The zero-order valence-electron chi connectivity index (χ0n) is 19.5. The van der Waals surface area contributed by atoms with E-state index in [1.165, 1.54) is 12.1 Å². The topological polar surface area (TPSA) is 49.4 Å². The molecule has 174 valence electrons. The van der Waals surface area contributed by atoms with E-state index in [4.69, 9.17) is 0 Å². The van der Waals surface area contributed by atoms with Crippen molar-refractivity contribution in [1.82, 2.24) is 10.2 Å². The van der Waals surface area contributed by atoms with E-state index in [2.05, 4.69) is 36.5 Å². The summed E-state index contributed by atoms with van der Waals surface area (Å²) in [6.45, 7) is 4.86. The van der Waals surface area contributed by atoms with Gasteiger partial charge in [0.15, 0.2) is 0 Å². The van der Waals surface area contributed by atoms with E-state index in [1.54, 1.807) is 17.0 Å². The summed E-state index contributed by atoms with van der Waals surface area (Å²) in [5.41, 5.74) is 1.92. The van der Waals surface area contributed by atoms with E-state index in [0.29, 0.717) is 25.8 Å². The van der Waals surface area contributed by atoms with Crippen LogP contribution in [0.1, 0.15) is 50.7 Å². The lowest BCUT2D eigenvalue weighted by Crippen LogP contribution is -2.49. The Morgan fingerprint density at radius 3 is 2.42 bits per heavy atom. The highest BCUT2D eigenvalue weighted by Gasteiger charge is 2.28. The van der Waals surface area contributed by atoms with Crippen molar-refractivity contribution in [3.8, 4) is 0 Å². The van der Waals surface area contributed by atoms with Crippen LogP contribution in [0.25, 0.3) is 10.8 Å². The summed E-state index contributed by atoms with van der Waals surface area (Å²) in [5.74, 6) is -0.534. The van der Waals surface area contributed by atoms with Crippen LogP contribution in [-0.4, -0.2) is 29.3 Å². The van der Waals surface area contributed by atoms with Crippen LogP contribution in [0.5, 0.6) is 0 Å². The molecule has 1 atom stereocenters. The quantitative estimate of drug-likeness (QED) is 0.386. The number of amides is 2. The first kappa shape index (κ1) is 24.4. The highest BCUT2D eigenvalue weighted by molar-refractivity contribution is 5.89. The number of fused-ring (bicyclic) bond motifs is 1. The predicted octanol–water partition coefficient (Wildman–Crippen LogP) is 5.64. The second-order valence-corrected chi connectivity index (χ2v) is 8.36. The molecule has 0 aliphatic heterocycles. The van der Waals surface area contributed by atoms with Crippen molar-refractivity contribution in [2.24, 2.45) is 0 Å². The van der Waals surface area contributed by atoms with Gasteiger partial charge in [0.2, 0.25) is 11.8 Å². The number of aryl methyl sites for hydroxylation is 1. The van der Waals surface area contributed by atoms with E-state index in [0.717, 1.165) is 34.7 Å². The fraction of sp³-hybridized carbons (Fsp3) is 0.357. The molecule has 1 N–H and O–H groups in total. The second kappa shape index (κ2) is 12.1. The van der Waals surface area contributed by atoms with E-state index in [-0.39, 0.29) is 24.2 Å². The number of carbonyl (C=O) groups excluding carboxylic acids is 2. The minimum absolute atomic E-state index is 0.0789. The number of carbonyl (C=O) groups is 2. The van der Waals surface area contributed by atoms with E-state index in [9.17, 15) is 14.0 Å².